The van der Waals surface area contributed by atoms with E-state index in [1.165, 1.54) is 4.68 Å². The van der Waals surface area contributed by atoms with Gasteiger partial charge in [-0.05, 0) is 42.6 Å². The molecule has 1 aromatic rings. The van der Waals surface area contributed by atoms with E-state index in [-0.39, 0.29) is 17.1 Å². The van der Waals surface area contributed by atoms with Crippen molar-refractivity contribution in [2.75, 3.05) is 11.9 Å². The van der Waals surface area contributed by atoms with E-state index in [9.17, 15) is 4.79 Å². The normalized spacial score (nSPS) is 11.9. The Balaban J connectivity index is 3.17. The second-order valence-electron chi connectivity index (χ2n) is 5.03. The Morgan fingerprint density at radius 3 is 2.47 bits per heavy atom. The van der Waals surface area contributed by atoms with E-state index in [1.807, 2.05) is 13.8 Å². The van der Waals surface area contributed by atoms with Gasteiger partial charge in [-0.25, -0.2) is 4.68 Å². The van der Waals surface area contributed by atoms with Crippen LogP contribution in [-0.2, 0) is 0 Å². The van der Waals surface area contributed by atoms with E-state index in [1.54, 1.807) is 6.20 Å². The zero-order valence-corrected chi connectivity index (χ0v) is 13.6. The van der Waals surface area contributed by atoms with Crippen molar-refractivity contribution in [1.82, 2.24) is 9.78 Å². The summed E-state index contributed by atoms with van der Waals surface area (Å²) in [5, 5.41) is 7.57. The topological polar surface area (TPSA) is 72.9 Å². The summed E-state index contributed by atoms with van der Waals surface area (Å²) in [6, 6.07) is 0.0365. The Morgan fingerprint density at radius 2 is 2.05 bits per heavy atom. The molecule has 0 unspecified atom stereocenters. The zero-order chi connectivity index (χ0) is 14.6. The molecule has 0 aliphatic heterocycles. The summed E-state index contributed by atoms with van der Waals surface area (Å²) in [6.07, 6.45) is 3.46. The van der Waals surface area contributed by atoms with E-state index in [0.717, 1.165) is 12.8 Å². The smallest absolute Gasteiger partial charge is 0.283 e. The van der Waals surface area contributed by atoms with Crippen LogP contribution in [0.5, 0.6) is 0 Å². The Morgan fingerprint density at radius 1 is 1.47 bits per heavy atom. The summed E-state index contributed by atoms with van der Waals surface area (Å²) in [5.74, 6) is 0. The van der Waals surface area contributed by atoms with Crippen LogP contribution in [0.2, 0.25) is 0 Å². The van der Waals surface area contributed by atoms with Gasteiger partial charge in [-0.15, -0.1) is 0 Å². The van der Waals surface area contributed by atoms with Crippen molar-refractivity contribution in [3.8, 4) is 0 Å². The van der Waals surface area contributed by atoms with E-state index >= 15 is 0 Å². The van der Waals surface area contributed by atoms with E-state index in [0.29, 0.717) is 16.7 Å². The minimum absolute atomic E-state index is 0.0365. The van der Waals surface area contributed by atoms with Crippen LogP contribution in [0.1, 0.15) is 46.6 Å². The second kappa shape index (κ2) is 6.52. The highest BCUT2D eigenvalue weighted by Gasteiger charge is 2.25. The van der Waals surface area contributed by atoms with Gasteiger partial charge < -0.3 is 11.1 Å². The zero-order valence-electron chi connectivity index (χ0n) is 12.0. The molecule has 108 valence electrons. The quantitative estimate of drug-likeness (QED) is 0.840. The van der Waals surface area contributed by atoms with Crippen molar-refractivity contribution >= 4 is 21.6 Å². The number of hydrogen-bond donors (Lipinski definition) is 2. The number of nitrogens with one attached hydrogen (secondary N) is 1. The van der Waals surface area contributed by atoms with Crippen LogP contribution in [-0.4, -0.2) is 21.9 Å². The molecule has 0 atom stereocenters. The fourth-order valence-electron chi connectivity index (χ4n) is 1.95. The first-order valence-electron chi connectivity index (χ1n) is 6.66. The van der Waals surface area contributed by atoms with Crippen molar-refractivity contribution < 1.29 is 0 Å². The van der Waals surface area contributed by atoms with E-state index < -0.39 is 0 Å². The molecule has 6 heteroatoms. The van der Waals surface area contributed by atoms with Gasteiger partial charge in [-0.3, -0.25) is 4.79 Å². The maximum absolute atomic E-state index is 12.2. The summed E-state index contributed by atoms with van der Waals surface area (Å²) in [6.45, 7) is 8.53. The van der Waals surface area contributed by atoms with Gasteiger partial charge in [0.2, 0.25) is 0 Å². The van der Waals surface area contributed by atoms with E-state index in [2.05, 4.69) is 40.2 Å². The number of halogens is 1. The molecule has 3 N–H and O–H groups in total. The first kappa shape index (κ1) is 16.2. The van der Waals surface area contributed by atoms with Crippen molar-refractivity contribution in [1.29, 1.82) is 0 Å². The average molecular weight is 331 g/mol. The predicted octanol–water partition coefficient (Wildman–Crippen LogP) is 2.52. The van der Waals surface area contributed by atoms with Gasteiger partial charge in [0.1, 0.15) is 4.47 Å². The number of nitrogens with zero attached hydrogens (tertiary/aromatic N) is 2. The highest BCUT2D eigenvalue weighted by Crippen LogP contribution is 2.25. The van der Waals surface area contributed by atoms with Crippen LogP contribution >= 0.6 is 15.9 Å². The molecule has 1 aromatic heterocycles. The third-order valence-corrected chi connectivity index (χ3v) is 4.34. The maximum atomic E-state index is 12.2. The van der Waals surface area contributed by atoms with Crippen LogP contribution < -0.4 is 16.6 Å². The van der Waals surface area contributed by atoms with Crippen molar-refractivity contribution in [2.45, 2.75) is 52.1 Å². The number of nitrogens with two attached hydrogens (primary N) is 1. The molecular formula is C13H23BrN4O. The molecule has 0 radical (unpaired) electrons. The SMILES string of the molecule is CCC(CC)(CN)Nc1cnn(C(C)C)c(=O)c1Br. The third kappa shape index (κ3) is 3.36. The average Bonchev–Trinajstić information content (AvgIpc) is 2.40. The molecule has 0 spiro atoms. The summed E-state index contributed by atoms with van der Waals surface area (Å²) < 4.78 is 1.97. The van der Waals surface area contributed by atoms with Gasteiger partial charge in [-0.1, -0.05) is 13.8 Å². The summed E-state index contributed by atoms with van der Waals surface area (Å²) >= 11 is 3.36. The number of rotatable bonds is 6. The van der Waals surface area contributed by atoms with Gasteiger partial charge in [0.15, 0.2) is 0 Å². The number of hydrogen-bond acceptors (Lipinski definition) is 4. The Labute approximate surface area is 122 Å². The van der Waals surface area contributed by atoms with Crippen LogP contribution in [0.25, 0.3) is 0 Å². The number of aromatic nitrogens is 2. The molecule has 0 amide bonds. The first-order valence-corrected chi connectivity index (χ1v) is 7.45. The minimum Gasteiger partial charge on any atom is -0.376 e. The lowest BCUT2D eigenvalue weighted by Gasteiger charge is -2.32. The third-order valence-electron chi connectivity index (χ3n) is 3.58. The molecule has 1 heterocycles. The predicted molar refractivity (Wildman–Crippen MR) is 82.6 cm³/mol. The maximum Gasteiger partial charge on any atom is 0.283 e. The summed E-state index contributed by atoms with van der Waals surface area (Å²) in [5.41, 5.74) is 6.25. The molecule has 0 fully saturated rings. The molecule has 0 saturated carbocycles. The Hall–Kier alpha value is -0.880. The van der Waals surface area contributed by atoms with Gasteiger partial charge in [-0.2, -0.15) is 5.10 Å². The van der Waals surface area contributed by atoms with Crippen molar-refractivity contribution in [3.05, 3.63) is 21.0 Å². The molecule has 19 heavy (non-hydrogen) atoms. The highest BCUT2D eigenvalue weighted by atomic mass is 79.9. The van der Waals surface area contributed by atoms with Gasteiger partial charge in [0.05, 0.1) is 17.9 Å². The summed E-state index contributed by atoms with van der Waals surface area (Å²) in [4.78, 5) is 12.2. The molecule has 0 aliphatic carbocycles. The van der Waals surface area contributed by atoms with Crippen LogP contribution in [0, 0.1) is 0 Å². The molecular weight excluding hydrogens is 308 g/mol. The summed E-state index contributed by atoms with van der Waals surface area (Å²) in [7, 11) is 0. The standard InChI is InChI=1S/C13H23BrN4O/c1-5-13(6-2,8-15)17-10-7-16-18(9(3)4)12(19)11(10)14/h7,9,17H,5-6,8,15H2,1-4H3. The first-order chi connectivity index (χ1) is 8.90. The van der Waals surface area contributed by atoms with Crippen LogP contribution in [0.3, 0.4) is 0 Å². The molecule has 5 nitrogen and oxygen atoms in total. The lowest BCUT2D eigenvalue weighted by Crippen LogP contribution is -2.45. The molecule has 0 bridgehead atoms. The number of anilines is 1. The van der Waals surface area contributed by atoms with Gasteiger partial charge in [0, 0.05) is 12.1 Å². The largest absolute Gasteiger partial charge is 0.376 e. The highest BCUT2D eigenvalue weighted by molar-refractivity contribution is 9.10. The Bertz CT molecular complexity index is 472. The fraction of sp³-hybridized carbons (Fsp3) is 0.692. The monoisotopic (exact) mass is 330 g/mol. The van der Waals surface area contributed by atoms with Crippen molar-refractivity contribution in [3.63, 3.8) is 0 Å². The van der Waals surface area contributed by atoms with Gasteiger partial charge >= 0.3 is 0 Å². The second-order valence-corrected chi connectivity index (χ2v) is 5.83. The van der Waals surface area contributed by atoms with Crippen LogP contribution in [0.4, 0.5) is 5.69 Å². The van der Waals surface area contributed by atoms with Crippen LogP contribution in [0.15, 0.2) is 15.5 Å². The van der Waals surface area contributed by atoms with E-state index in [4.69, 9.17) is 5.73 Å². The molecule has 0 saturated heterocycles. The fourth-order valence-corrected chi connectivity index (χ4v) is 2.34. The molecule has 0 aliphatic rings. The lowest BCUT2D eigenvalue weighted by molar-refractivity contribution is 0.443. The Kier molecular flexibility index (Phi) is 5.55. The van der Waals surface area contributed by atoms with Crippen molar-refractivity contribution in [2.24, 2.45) is 5.73 Å². The molecule has 1 rings (SSSR count). The van der Waals surface area contributed by atoms with Gasteiger partial charge in [0.25, 0.3) is 5.56 Å². The lowest BCUT2D eigenvalue weighted by atomic mass is 9.93. The minimum atomic E-state index is -0.194. The molecule has 0 aromatic carbocycles.